The summed E-state index contributed by atoms with van der Waals surface area (Å²) in [4.78, 5) is 0. The van der Waals surface area contributed by atoms with Crippen LogP contribution in [0.25, 0.3) is 0 Å². The second-order valence-corrected chi connectivity index (χ2v) is 7.76. The van der Waals surface area contributed by atoms with Crippen molar-refractivity contribution in [2.24, 2.45) is 35.5 Å². The molecule has 1 N–H and O–H groups in total. The lowest BCUT2D eigenvalue weighted by Gasteiger charge is -2.39. The summed E-state index contributed by atoms with van der Waals surface area (Å²) in [6, 6.07) is 0.889. The zero-order valence-corrected chi connectivity index (χ0v) is 11.9. The van der Waals surface area contributed by atoms with Gasteiger partial charge in [-0.1, -0.05) is 19.8 Å². The van der Waals surface area contributed by atoms with Crippen molar-refractivity contribution < 1.29 is 0 Å². The van der Waals surface area contributed by atoms with Crippen LogP contribution in [-0.2, 0) is 0 Å². The Morgan fingerprint density at radius 1 is 0.833 bits per heavy atom. The maximum Gasteiger partial charge on any atom is 0.0129 e. The van der Waals surface area contributed by atoms with Gasteiger partial charge in [-0.15, -0.1) is 0 Å². The van der Waals surface area contributed by atoms with E-state index in [-0.39, 0.29) is 0 Å². The third-order valence-corrected chi connectivity index (χ3v) is 6.95. The third-order valence-electron chi connectivity index (χ3n) is 6.95. The molecule has 0 radical (unpaired) electrons. The summed E-state index contributed by atoms with van der Waals surface area (Å²) in [7, 11) is 0. The molecule has 6 atom stereocenters. The molecule has 1 nitrogen and oxygen atoms in total. The van der Waals surface area contributed by atoms with Crippen LogP contribution in [0, 0.1) is 35.5 Å². The second kappa shape index (κ2) is 4.51. The topological polar surface area (TPSA) is 12.0 Å². The smallest absolute Gasteiger partial charge is 0.0129 e. The van der Waals surface area contributed by atoms with Gasteiger partial charge in [-0.25, -0.2) is 0 Å². The molecule has 4 aliphatic rings. The summed E-state index contributed by atoms with van der Waals surface area (Å²) < 4.78 is 0. The van der Waals surface area contributed by atoms with E-state index in [1.54, 1.807) is 51.4 Å². The first-order chi connectivity index (χ1) is 8.85. The molecule has 1 heteroatoms. The van der Waals surface area contributed by atoms with E-state index in [4.69, 9.17) is 0 Å². The van der Waals surface area contributed by atoms with Crippen LogP contribution in [0.15, 0.2) is 0 Å². The highest BCUT2D eigenvalue weighted by Crippen LogP contribution is 2.55. The Bertz CT molecular complexity index is 285. The molecule has 4 saturated carbocycles. The molecule has 4 bridgehead atoms. The average Bonchev–Trinajstić information content (AvgIpc) is 3.13. The van der Waals surface area contributed by atoms with Gasteiger partial charge in [0.2, 0.25) is 0 Å². The zero-order valence-electron chi connectivity index (χ0n) is 11.9. The molecule has 4 rings (SSSR count). The highest BCUT2D eigenvalue weighted by molar-refractivity contribution is 5.02. The van der Waals surface area contributed by atoms with Crippen molar-refractivity contribution >= 4 is 0 Å². The van der Waals surface area contributed by atoms with E-state index in [1.807, 2.05) is 0 Å². The van der Waals surface area contributed by atoms with Crippen molar-refractivity contribution in [2.45, 2.75) is 64.3 Å². The van der Waals surface area contributed by atoms with Gasteiger partial charge in [0.25, 0.3) is 0 Å². The van der Waals surface area contributed by atoms with Crippen LogP contribution in [0.1, 0.15) is 58.3 Å². The van der Waals surface area contributed by atoms with Gasteiger partial charge in [-0.2, -0.15) is 0 Å². The van der Waals surface area contributed by atoms with E-state index in [1.165, 1.54) is 6.54 Å². The molecule has 0 saturated heterocycles. The van der Waals surface area contributed by atoms with Crippen LogP contribution in [-0.4, -0.2) is 12.6 Å². The highest BCUT2D eigenvalue weighted by atomic mass is 14.9. The van der Waals surface area contributed by atoms with Gasteiger partial charge in [-0.3, -0.25) is 0 Å². The molecule has 0 aliphatic heterocycles. The van der Waals surface area contributed by atoms with Gasteiger partial charge in [0.05, 0.1) is 0 Å². The Hall–Kier alpha value is -0.0400. The normalized spacial score (nSPS) is 51.2. The monoisotopic (exact) mass is 247 g/mol. The summed E-state index contributed by atoms with van der Waals surface area (Å²) in [6.45, 7) is 3.50. The second-order valence-electron chi connectivity index (χ2n) is 7.76. The van der Waals surface area contributed by atoms with Gasteiger partial charge < -0.3 is 5.32 Å². The average molecular weight is 247 g/mol. The molecular weight excluding hydrogens is 218 g/mol. The predicted octanol–water partition coefficient (Wildman–Crippen LogP) is 3.84. The summed E-state index contributed by atoms with van der Waals surface area (Å²) in [5.74, 6) is 6.51. The van der Waals surface area contributed by atoms with E-state index in [0.717, 1.165) is 41.5 Å². The molecule has 4 aliphatic carbocycles. The van der Waals surface area contributed by atoms with E-state index < -0.39 is 0 Å². The first kappa shape index (κ1) is 11.8. The minimum Gasteiger partial charge on any atom is -0.314 e. The van der Waals surface area contributed by atoms with Gasteiger partial charge in [0.1, 0.15) is 0 Å². The summed E-state index contributed by atoms with van der Waals surface area (Å²) in [5.41, 5.74) is 0. The molecule has 6 unspecified atom stereocenters. The van der Waals surface area contributed by atoms with Crippen LogP contribution in [0.2, 0.25) is 0 Å². The fraction of sp³-hybridized carbons (Fsp3) is 1.00. The number of hydrogen-bond acceptors (Lipinski definition) is 1. The first-order valence-electron chi connectivity index (χ1n) is 8.58. The van der Waals surface area contributed by atoms with Crippen LogP contribution in [0.5, 0.6) is 0 Å². The lowest BCUT2D eigenvalue weighted by Crippen LogP contribution is -2.46. The molecule has 0 aromatic rings. The van der Waals surface area contributed by atoms with Gasteiger partial charge in [0, 0.05) is 6.04 Å². The number of rotatable bonds is 4. The van der Waals surface area contributed by atoms with Crippen molar-refractivity contribution in [3.63, 3.8) is 0 Å². The Morgan fingerprint density at radius 3 is 1.72 bits per heavy atom. The molecule has 102 valence electrons. The molecule has 0 spiro atoms. The molecular formula is C17H29N. The maximum absolute atomic E-state index is 3.94. The molecule has 4 fully saturated rings. The summed E-state index contributed by atoms with van der Waals surface area (Å²) in [5, 5.41) is 3.94. The lowest BCUT2D eigenvalue weighted by molar-refractivity contribution is 0.150. The summed E-state index contributed by atoms with van der Waals surface area (Å²) in [6.07, 6.45) is 12.5. The molecule has 0 amide bonds. The van der Waals surface area contributed by atoms with Crippen molar-refractivity contribution in [2.75, 3.05) is 6.54 Å². The van der Waals surface area contributed by atoms with Crippen molar-refractivity contribution in [3.8, 4) is 0 Å². The Morgan fingerprint density at radius 2 is 1.39 bits per heavy atom. The molecule has 0 aromatic heterocycles. The first-order valence-corrected chi connectivity index (χ1v) is 8.58. The molecule has 0 heterocycles. The van der Waals surface area contributed by atoms with Crippen molar-refractivity contribution in [1.82, 2.24) is 5.32 Å². The van der Waals surface area contributed by atoms with Crippen LogP contribution in [0.4, 0.5) is 0 Å². The molecule has 18 heavy (non-hydrogen) atoms. The number of fused-ring (bicyclic) bond motifs is 4. The number of hydrogen-bond donors (Lipinski definition) is 1. The minimum absolute atomic E-state index is 0.889. The van der Waals surface area contributed by atoms with E-state index in [2.05, 4.69) is 12.2 Å². The third kappa shape index (κ3) is 1.77. The standard InChI is InChI=1S/C17H29N/c1-2-18-17(15-9-11-3-5-13(15)7-11)16-10-12-4-6-14(16)8-12/h11-18H,2-10H2,1H3. The van der Waals surface area contributed by atoms with Crippen molar-refractivity contribution in [1.29, 1.82) is 0 Å². The predicted molar refractivity (Wildman–Crippen MR) is 75.3 cm³/mol. The van der Waals surface area contributed by atoms with Crippen LogP contribution < -0.4 is 5.32 Å². The molecule has 0 aromatic carbocycles. The van der Waals surface area contributed by atoms with E-state index >= 15 is 0 Å². The zero-order chi connectivity index (χ0) is 12.1. The van der Waals surface area contributed by atoms with E-state index in [9.17, 15) is 0 Å². The van der Waals surface area contributed by atoms with Crippen molar-refractivity contribution in [3.05, 3.63) is 0 Å². The fourth-order valence-electron chi connectivity index (χ4n) is 6.32. The largest absolute Gasteiger partial charge is 0.314 e. The van der Waals surface area contributed by atoms with Gasteiger partial charge in [0.15, 0.2) is 0 Å². The SMILES string of the molecule is CCNC(C1CC2CCC1C2)C1CC2CCC1C2. The maximum atomic E-state index is 3.94. The van der Waals surface area contributed by atoms with E-state index in [0.29, 0.717) is 0 Å². The lowest BCUT2D eigenvalue weighted by atomic mass is 9.73. The Labute approximate surface area is 112 Å². The number of nitrogens with one attached hydrogen (secondary N) is 1. The van der Waals surface area contributed by atoms with Crippen LogP contribution >= 0.6 is 0 Å². The summed E-state index contributed by atoms with van der Waals surface area (Å²) >= 11 is 0. The van der Waals surface area contributed by atoms with Gasteiger partial charge >= 0.3 is 0 Å². The Balaban J connectivity index is 1.51. The quantitative estimate of drug-likeness (QED) is 0.796. The minimum atomic E-state index is 0.889. The van der Waals surface area contributed by atoms with Crippen LogP contribution in [0.3, 0.4) is 0 Å². The highest BCUT2D eigenvalue weighted by Gasteiger charge is 2.49. The fourth-order valence-corrected chi connectivity index (χ4v) is 6.32. The van der Waals surface area contributed by atoms with Gasteiger partial charge in [-0.05, 0) is 80.6 Å². The Kier molecular flexibility index (Phi) is 2.94.